The van der Waals surface area contributed by atoms with Crippen LogP contribution in [0.15, 0.2) is 24.8 Å². The number of hydroxylamine groups is 1. The smallest absolute Gasteiger partial charge is 0.268 e. The molecule has 0 aromatic carbocycles. The Labute approximate surface area is 98.6 Å². The third kappa shape index (κ3) is 2.59. The number of hydrogen-bond acceptors (Lipinski definition) is 4. The van der Waals surface area contributed by atoms with E-state index in [4.69, 9.17) is 4.84 Å². The molecule has 0 aliphatic heterocycles. The highest BCUT2D eigenvalue weighted by Crippen LogP contribution is 2.10. The van der Waals surface area contributed by atoms with E-state index in [9.17, 15) is 4.79 Å². The molecule has 0 atom stereocenters. The summed E-state index contributed by atoms with van der Waals surface area (Å²) in [4.78, 5) is 21.0. The van der Waals surface area contributed by atoms with Crippen molar-refractivity contribution in [1.82, 2.24) is 20.1 Å². The summed E-state index contributed by atoms with van der Waals surface area (Å²) in [5.41, 5.74) is 3.04. The molecule has 6 heteroatoms. The van der Waals surface area contributed by atoms with E-state index in [-0.39, 0.29) is 5.91 Å². The highest BCUT2D eigenvalue weighted by Gasteiger charge is 2.16. The average molecular weight is 234 g/mol. The van der Waals surface area contributed by atoms with Gasteiger partial charge in [0.05, 0.1) is 29.1 Å². The minimum absolute atomic E-state index is 0.331. The first-order chi connectivity index (χ1) is 7.97. The standard InChI is InChI=1S/C11H14N4O2/c1-11(2,3)17-14-10(16)8-6-13-15-5-4-12-7-9(8)15/h4-7H,1-3H3,(H,14,16). The van der Waals surface area contributed by atoms with Crippen molar-refractivity contribution in [3.8, 4) is 0 Å². The Hall–Kier alpha value is -1.95. The summed E-state index contributed by atoms with van der Waals surface area (Å²) in [5, 5.41) is 4.04. The summed E-state index contributed by atoms with van der Waals surface area (Å²) in [6.07, 6.45) is 6.35. The second-order valence-corrected chi connectivity index (χ2v) is 4.61. The average Bonchev–Trinajstić information content (AvgIpc) is 2.68. The summed E-state index contributed by atoms with van der Waals surface area (Å²) in [5.74, 6) is -0.331. The maximum Gasteiger partial charge on any atom is 0.278 e. The molecule has 2 heterocycles. The molecule has 2 aromatic rings. The fraction of sp³-hybridized carbons (Fsp3) is 0.364. The molecule has 0 saturated carbocycles. The fourth-order valence-electron chi connectivity index (χ4n) is 1.26. The van der Waals surface area contributed by atoms with Gasteiger partial charge in [-0.15, -0.1) is 0 Å². The zero-order valence-corrected chi connectivity index (χ0v) is 9.97. The predicted octanol–water partition coefficient (Wildman–Crippen LogP) is 1.19. The molecule has 2 aromatic heterocycles. The van der Waals surface area contributed by atoms with Crippen LogP contribution in [-0.4, -0.2) is 26.1 Å². The first-order valence-electron chi connectivity index (χ1n) is 5.23. The predicted molar refractivity (Wildman–Crippen MR) is 61.3 cm³/mol. The summed E-state index contributed by atoms with van der Waals surface area (Å²) < 4.78 is 1.58. The van der Waals surface area contributed by atoms with Crippen LogP contribution < -0.4 is 5.48 Å². The number of fused-ring (bicyclic) bond motifs is 1. The molecule has 90 valence electrons. The molecule has 0 fully saturated rings. The van der Waals surface area contributed by atoms with Gasteiger partial charge in [0.15, 0.2) is 0 Å². The van der Waals surface area contributed by atoms with Crippen LogP contribution >= 0.6 is 0 Å². The van der Waals surface area contributed by atoms with Crippen LogP contribution in [0.1, 0.15) is 31.1 Å². The summed E-state index contributed by atoms with van der Waals surface area (Å²) >= 11 is 0. The first-order valence-corrected chi connectivity index (χ1v) is 5.23. The molecule has 17 heavy (non-hydrogen) atoms. The maximum absolute atomic E-state index is 11.8. The molecule has 0 radical (unpaired) electrons. The Morgan fingerprint density at radius 1 is 1.41 bits per heavy atom. The SMILES string of the molecule is CC(C)(C)ONC(=O)c1cnn2ccncc12. The molecule has 0 saturated heterocycles. The molecule has 0 bridgehead atoms. The Balaban J connectivity index is 2.20. The van der Waals surface area contributed by atoms with Crippen molar-refractivity contribution in [2.75, 3.05) is 0 Å². The number of nitrogens with one attached hydrogen (secondary N) is 1. The molecule has 2 rings (SSSR count). The van der Waals surface area contributed by atoms with E-state index in [1.807, 2.05) is 20.8 Å². The van der Waals surface area contributed by atoms with Crippen LogP contribution in [0, 0.1) is 0 Å². The van der Waals surface area contributed by atoms with Crippen LogP contribution in [0.5, 0.6) is 0 Å². The molecule has 0 spiro atoms. The topological polar surface area (TPSA) is 68.5 Å². The van der Waals surface area contributed by atoms with Gasteiger partial charge in [-0.2, -0.15) is 5.10 Å². The van der Waals surface area contributed by atoms with Crippen LogP contribution in [0.3, 0.4) is 0 Å². The van der Waals surface area contributed by atoms with Gasteiger partial charge in [0.1, 0.15) is 0 Å². The summed E-state index contributed by atoms with van der Waals surface area (Å²) in [6, 6.07) is 0. The number of carbonyl (C=O) groups is 1. The van der Waals surface area contributed by atoms with E-state index in [0.717, 1.165) is 0 Å². The van der Waals surface area contributed by atoms with Crippen LogP contribution in [-0.2, 0) is 4.84 Å². The largest absolute Gasteiger partial charge is 0.278 e. The van der Waals surface area contributed by atoms with Gasteiger partial charge < -0.3 is 0 Å². The van der Waals surface area contributed by atoms with Gasteiger partial charge in [0, 0.05) is 12.4 Å². The highest BCUT2D eigenvalue weighted by atomic mass is 16.7. The van der Waals surface area contributed by atoms with E-state index in [1.54, 1.807) is 23.1 Å². The first kappa shape index (κ1) is 11.5. The van der Waals surface area contributed by atoms with E-state index in [1.165, 1.54) is 6.20 Å². The van der Waals surface area contributed by atoms with Gasteiger partial charge in [-0.25, -0.2) is 10.00 Å². The van der Waals surface area contributed by atoms with Crippen molar-refractivity contribution in [3.05, 3.63) is 30.4 Å². The van der Waals surface area contributed by atoms with Crippen molar-refractivity contribution in [2.45, 2.75) is 26.4 Å². The number of carbonyl (C=O) groups excluding carboxylic acids is 1. The molecule has 0 aliphatic carbocycles. The molecule has 1 amide bonds. The number of amides is 1. The van der Waals surface area contributed by atoms with Crippen molar-refractivity contribution in [3.63, 3.8) is 0 Å². The third-order valence-corrected chi connectivity index (χ3v) is 2.02. The Bertz CT molecular complexity index is 542. The van der Waals surface area contributed by atoms with E-state index in [2.05, 4.69) is 15.6 Å². The Morgan fingerprint density at radius 2 is 2.18 bits per heavy atom. The van der Waals surface area contributed by atoms with E-state index in [0.29, 0.717) is 11.1 Å². The zero-order chi connectivity index (χ0) is 12.5. The number of hydrogen-bond donors (Lipinski definition) is 1. The minimum Gasteiger partial charge on any atom is -0.268 e. The van der Waals surface area contributed by atoms with Crippen molar-refractivity contribution < 1.29 is 9.63 Å². The summed E-state index contributed by atoms with van der Waals surface area (Å²) in [6.45, 7) is 5.56. The van der Waals surface area contributed by atoms with Crippen LogP contribution in [0.2, 0.25) is 0 Å². The van der Waals surface area contributed by atoms with Crippen LogP contribution in [0.25, 0.3) is 5.52 Å². The Morgan fingerprint density at radius 3 is 2.88 bits per heavy atom. The van der Waals surface area contributed by atoms with Crippen LogP contribution in [0.4, 0.5) is 0 Å². The molecular weight excluding hydrogens is 220 g/mol. The quantitative estimate of drug-likeness (QED) is 0.792. The molecule has 1 N–H and O–H groups in total. The fourth-order valence-corrected chi connectivity index (χ4v) is 1.26. The highest BCUT2D eigenvalue weighted by molar-refractivity contribution is 5.99. The molecular formula is C11H14N4O2. The lowest BCUT2D eigenvalue weighted by Gasteiger charge is -2.18. The van der Waals surface area contributed by atoms with Gasteiger partial charge in [-0.1, -0.05) is 0 Å². The molecule has 0 aliphatic rings. The minimum atomic E-state index is -0.434. The number of aromatic nitrogens is 3. The second-order valence-electron chi connectivity index (χ2n) is 4.61. The summed E-state index contributed by atoms with van der Waals surface area (Å²) in [7, 11) is 0. The van der Waals surface area contributed by atoms with Crippen molar-refractivity contribution in [1.29, 1.82) is 0 Å². The van der Waals surface area contributed by atoms with Crippen molar-refractivity contribution in [2.24, 2.45) is 0 Å². The zero-order valence-electron chi connectivity index (χ0n) is 9.97. The van der Waals surface area contributed by atoms with Gasteiger partial charge >= 0.3 is 0 Å². The van der Waals surface area contributed by atoms with E-state index >= 15 is 0 Å². The lowest BCUT2D eigenvalue weighted by atomic mass is 10.2. The molecule has 0 unspecified atom stereocenters. The lowest BCUT2D eigenvalue weighted by molar-refractivity contribution is -0.0589. The second kappa shape index (κ2) is 4.14. The third-order valence-electron chi connectivity index (χ3n) is 2.02. The van der Waals surface area contributed by atoms with Gasteiger partial charge in [-0.05, 0) is 20.8 Å². The maximum atomic E-state index is 11.8. The van der Waals surface area contributed by atoms with Gasteiger partial charge in [0.25, 0.3) is 5.91 Å². The van der Waals surface area contributed by atoms with Gasteiger partial charge in [0.2, 0.25) is 0 Å². The van der Waals surface area contributed by atoms with E-state index < -0.39 is 5.60 Å². The number of nitrogens with zero attached hydrogens (tertiary/aromatic N) is 3. The number of rotatable bonds is 2. The Kier molecular flexibility index (Phi) is 2.81. The van der Waals surface area contributed by atoms with Crippen molar-refractivity contribution >= 4 is 11.4 Å². The molecule has 6 nitrogen and oxygen atoms in total. The normalized spacial score (nSPS) is 11.7. The lowest BCUT2D eigenvalue weighted by Crippen LogP contribution is -2.33. The van der Waals surface area contributed by atoms with Gasteiger partial charge in [-0.3, -0.25) is 14.6 Å². The monoisotopic (exact) mass is 234 g/mol.